The van der Waals surface area contributed by atoms with E-state index in [9.17, 15) is 5.21 Å². The Morgan fingerprint density at radius 2 is 1.73 bits per heavy atom. The first-order chi connectivity index (χ1) is 4.98. The molecule has 0 atom stereocenters. The summed E-state index contributed by atoms with van der Waals surface area (Å²) in [6.45, 7) is 8.99. The SMILES string of the molecule is CCCCCN(O)C(C)(C)C. The van der Waals surface area contributed by atoms with E-state index in [0.717, 1.165) is 13.0 Å². The third kappa shape index (κ3) is 5.22. The van der Waals surface area contributed by atoms with Gasteiger partial charge in [-0.3, -0.25) is 0 Å². The van der Waals surface area contributed by atoms with Gasteiger partial charge in [-0.05, 0) is 27.2 Å². The molecule has 0 aromatic carbocycles. The summed E-state index contributed by atoms with van der Waals surface area (Å²) >= 11 is 0. The highest BCUT2D eigenvalue weighted by atomic mass is 16.5. The van der Waals surface area contributed by atoms with Gasteiger partial charge in [-0.15, -0.1) is 0 Å². The Balaban J connectivity index is 3.44. The van der Waals surface area contributed by atoms with Crippen LogP contribution in [0.1, 0.15) is 47.0 Å². The normalized spacial score (nSPS) is 12.5. The molecule has 2 heteroatoms. The topological polar surface area (TPSA) is 23.5 Å². The van der Waals surface area contributed by atoms with Crippen molar-refractivity contribution in [1.82, 2.24) is 5.06 Å². The minimum Gasteiger partial charge on any atom is -0.313 e. The van der Waals surface area contributed by atoms with Crippen molar-refractivity contribution in [2.45, 2.75) is 52.5 Å². The van der Waals surface area contributed by atoms with Crippen LogP contribution in [0.4, 0.5) is 0 Å². The zero-order valence-electron chi connectivity index (χ0n) is 8.22. The summed E-state index contributed by atoms with van der Waals surface area (Å²) in [4.78, 5) is 0. The van der Waals surface area contributed by atoms with Crippen LogP contribution >= 0.6 is 0 Å². The Morgan fingerprint density at radius 1 is 1.18 bits per heavy atom. The van der Waals surface area contributed by atoms with Crippen LogP contribution in [0.25, 0.3) is 0 Å². The Kier molecular flexibility index (Phi) is 4.69. The fourth-order valence-corrected chi connectivity index (χ4v) is 0.847. The lowest BCUT2D eigenvalue weighted by Gasteiger charge is -2.29. The average Bonchev–Trinajstić information content (AvgIpc) is 1.86. The first-order valence-electron chi connectivity index (χ1n) is 4.45. The maximum Gasteiger partial charge on any atom is 0.0376 e. The van der Waals surface area contributed by atoms with Gasteiger partial charge < -0.3 is 5.21 Å². The molecule has 0 aliphatic carbocycles. The van der Waals surface area contributed by atoms with Gasteiger partial charge in [0.2, 0.25) is 0 Å². The summed E-state index contributed by atoms with van der Waals surface area (Å²) in [6, 6.07) is 0. The Morgan fingerprint density at radius 3 is 2.09 bits per heavy atom. The van der Waals surface area contributed by atoms with Crippen LogP contribution in [0.15, 0.2) is 0 Å². The van der Waals surface area contributed by atoms with Crippen LogP contribution in [0.5, 0.6) is 0 Å². The van der Waals surface area contributed by atoms with Crippen molar-refractivity contribution in [3.8, 4) is 0 Å². The third-order valence-corrected chi connectivity index (χ3v) is 1.75. The van der Waals surface area contributed by atoms with Crippen molar-refractivity contribution in [3.63, 3.8) is 0 Å². The Labute approximate surface area is 70.2 Å². The monoisotopic (exact) mass is 159 g/mol. The molecule has 0 unspecified atom stereocenters. The minimum atomic E-state index is -0.103. The summed E-state index contributed by atoms with van der Waals surface area (Å²) in [5.74, 6) is 0. The van der Waals surface area contributed by atoms with Crippen molar-refractivity contribution in [2.24, 2.45) is 0 Å². The van der Waals surface area contributed by atoms with E-state index in [1.54, 1.807) is 0 Å². The first-order valence-corrected chi connectivity index (χ1v) is 4.45. The molecule has 0 radical (unpaired) electrons. The van der Waals surface area contributed by atoms with Crippen molar-refractivity contribution >= 4 is 0 Å². The van der Waals surface area contributed by atoms with Gasteiger partial charge in [0.05, 0.1) is 0 Å². The van der Waals surface area contributed by atoms with Gasteiger partial charge in [-0.2, -0.15) is 5.06 Å². The lowest BCUT2D eigenvalue weighted by atomic mass is 10.1. The highest BCUT2D eigenvalue weighted by Crippen LogP contribution is 2.10. The van der Waals surface area contributed by atoms with Crippen molar-refractivity contribution in [3.05, 3.63) is 0 Å². The molecule has 11 heavy (non-hydrogen) atoms. The maximum absolute atomic E-state index is 9.45. The van der Waals surface area contributed by atoms with Crippen LogP contribution in [0.2, 0.25) is 0 Å². The number of unbranched alkanes of at least 4 members (excludes halogenated alkanes) is 2. The third-order valence-electron chi connectivity index (χ3n) is 1.75. The minimum absolute atomic E-state index is 0.103. The van der Waals surface area contributed by atoms with Crippen molar-refractivity contribution in [2.75, 3.05) is 6.54 Å². The van der Waals surface area contributed by atoms with Gasteiger partial charge in [-0.1, -0.05) is 19.8 Å². The molecule has 0 amide bonds. The summed E-state index contributed by atoms with van der Waals surface area (Å²) < 4.78 is 0. The molecule has 0 heterocycles. The van der Waals surface area contributed by atoms with Gasteiger partial charge in [0.15, 0.2) is 0 Å². The van der Waals surface area contributed by atoms with Crippen LogP contribution in [0.3, 0.4) is 0 Å². The molecule has 0 saturated carbocycles. The molecular formula is C9H21NO. The second-order valence-corrected chi connectivity index (χ2v) is 4.00. The molecule has 0 aromatic rings. The van der Waals surface area contributed by atoms with Crippen molar-refractivity contribution < 1.29 is 5.21 Å². The largest absolute Gasteiger partial charge is 0.313 e. The average molecular weight is 159 g/mol. The fourth-order valence-electron chi connectivity index (χ4n) is 0.847. The molecular weight excluding hydrogens is 138 g/mol. The molecule has 0 aliphatic rings. The zero-order chi connectivity index (χ0) is 8.91. The number of nitrogens with zero attached hydrogens (tertiary/aromatic N) is 1. The Bertz CT molecular complexity index is 96.2. The summed E-state index contributed by atoms with van der Waals surface area (Å²) in [7, 11) is 0. The molecule has 0 rings (SSSR count). The molecule has 68 valence electrons. The van der Waals surface area contributed by atoms with E-state index in [0.29, 0.717) is 0 Å². The molecule has 1 N–H and O–H groups in total. The summed E-state index contributed by atoms with van der Waals surface area (Å²) in [5.41, 5.74) is -0.103. The molecule has 2 nitrogen and oxygen atoms in total. The first kappa shape index (κ1) is 10.9. The fraction of sp³-hybridized carbons (Fsp3) is 1.00. The standard InChI is InChI=1S/C9H21NO/c1-5-6-7-8-10(11)9(2,3)4/h11H,5-8H2,1-4H3. The highest BCUT2D eigenvalue weighted by molar-refractivity contribution is 4.68. The van der Waals surface area contributed by atoms with E-state index >= 15 is 0 Å². The van der Waals surface area contributed by atoms with E-state index < -0.39 is 0 Å². The van der Waals surface area contributed by atoms with E-state index in [-0.39, 0.29) is 5.54 Å². The van der Waals surface area contributed by atoms with Crippen LogP contribution < -0.4 is 0 Å². The predicted molar refractivity (Wildman–Crippen MR) is 47.8 cm³/mol. The zero-order valence-corrected chi connectivity index (χ0v) is 8.22. The van der Waals surface area contributed by atoms with E-state index in [1.165, 1.54) is 17.9 Å². The van der Waals surface area contributed by atoms with Crippen LogP contribution in [0, 0.1) is 0 Å². The van der Waals surface area contributed by atoms with Gasteiger partial charge in [0.1, 0.15) is 0 Å². The molecule has 0 spiro atoms. The maximum atomic E-state index is 9.45. The molecule has 0 aliphatic heterocycles. The smallest absolute Gasteiger partial charge is 0.0376 e. The van der Waals surface area contributed by atoms with Gasteiger partial charge in [-0.25, -0.2) is 0 Å². The van der Waals surface area contributed by atoms with Crippen molar-refractivity contribution in [1.29, 1.82) is 0 Å². The Hall–Kier alpha value is -0.0800. The quantitative estimate of drug-likeness (QED) is 0.503. The van der Waals surface area contributed by atoms with Crippen LogP contribution in [-0.2, 0) is 0 Å². The molecule has 0 bridgehead atoms. The lowest BCUT2D eigenvalue weighted by Crippen LogP contribution is -2.39. The molecule has 0 saturated heterocycles. The number of rotatable bonds is 4. The lowest BCUT2D eigenvalue weighted by molar-refractivity contribution is -0.156. The second-order valence-electron chi connectivity index (χ2n) is 4.00. The van der Waals surface area contributed by atoms with Gasteiger partial charge in [0.25, 0.3) is 0 Å². The number of hydroxylamine groups is 2. The van der Waals surface area contributed by atoms with E-state index in [1.807, 2.05) is 20.8 Å². The van der Waals surface area contributed by atoms with Gasteiger partial charge >= 0.3 is 0 Å². The number of hydrogen-bond acceptors (Lipinski definition) is 2. The van der Waals surface area contributed by atoms with E-state index in [2.05, 4.69) is 6.92 Å². The predicted octanol–water partition coefficient (Wildman–Crippen LogP) is 2.67. The summed E-state index contributed by atoms with van der Waals surface area (Å²) in [6.07, 6.45) is 3.50. The van der Waals surface area contributed by atoms with Gasteiger partial charge in [0, 0.05) is 12.1 Å². The molecule has 0 aromatic heterocycles. The number of hydrogen-bond donors (Lipinski definition) is 1. The molecule has 0 fully saturated rings. The highest BCUT2D eigenvalue weighted by Gasteiger charge is 2.17. The summed E-state index contributed by atoms with van der Waals surface area (Å²) in [5, 5.41) is 10.9. The second kappa shape index (κ2) is 4.73. The van der Waals surface area contributed by atoms with Crippen LogP contribution in [-0.4, -0.2) is 22.4 Å². The van der Waals surface area contributed by atoms with E-state index in [4.69, 9.17) is 0 Å².